The van der Waals surface area contributed by atoms with Crippen LogP contribution >= 0.6 is 0 Å². The normalized spacial score (nSPS) is 13.6. The molecule has 0 rings (SSSR count). The Hall–Kier alpha value is -0.313. The van der Waals surface area contributed by atoms with E-state index in [0.717, 1.165) is 6.42 Å². The van der Waals surface area contributed by atoms with Crippen LogP contribution in [0.4, 0.5) is 0 Å². The summed E-state index contributed by atoms with van der Waals surface area (Å²) in [6.07, 6.45) is 0.953. The Morgan fingerprint density at radius 2 is 1.92 bits per heavy atom. The van der Waals surface area contributed by atoms with Crippen LogP contribution in [0, 0.1) is 0 Å². The number of hydrogen-bond donors (Lipinski definition) is 0. The number of ether oxygens (including phenoxy) is 1. The average Bonchev–Trinajstić information content (AvgIpc) is 1.85. The van der Waals surface area contributed by atoms with Crippen molar-refractivity contribution in [3.63, 3.8) is 0 Å². The molecule has 1 atom stereocenters. The first kappa shape index (κ1) is 11.7. The van der Waals surface area contributed by atoms with Gasteiger partial charge in [0.1, 0.15) is 0 Å². The predicted molar refractivity (Wildman–Crippen MR) is 54.1 cm³/mol. The molecule has 0 saturated carbocycles. The van der Waals surface area contributed by atoms with Gasteiger partial charge in [-0.05, 0) is 20.3 Å². The molecule has 0 fully saturated rings. The second-order valence-electron chi connectivity index (χ2n) is 3.74. The minimum Gasteiger partial charge on any atom is -0.463 e. The predicted octanol–water partition coefficient (Wildman–Crippen LogP) is 2.20. The van der Waals surface area contributed by atoms with Crippen LogP contribution in [0.1, 0.15) is 27.2 Å². The molecule has 0 aromatic heterocycles. The number of rotatable bonds is 4. The van der Waals surface area contributed by atoms with E-state index in [0.29, 0.717) is 0 Å². The molecular weight excluding hydrogens is 168 g/mol. The lowest BCUT2D eigenvalue weighted by molar-refractivity contribution is -0.147. The summed E-state index contributed by atoms with van der Waals surface area (Å²) < 4.78 is 5.16. The first-order valence-corrected chi connectivity index (χ1v) is 7.67. The Kier molecular flexibility index (Phi) is 5.21. The standard InChI is InChI=1S/C9H20O2Si/c1-6-8(12(4)5)9(10)11-7(2)3/h7-8,12H,6H2,1-5H3. The largest absolute Gasteiger partial charge is 0.463 e. The van der Waals surface area contributed by atoms with Crippen molar-refractivity contribution in [3.05, 3.63) is 0 Å². The summed E-state index contributed by atoms with van der Waals surface area (Å²) in [6.45, 7) is 10.2. The van der Waals surface area contributed by atoms with Gasteiger partial charge in [0.05, 0.1) is 6.10 Å². The van der Waals surface area contributed by atoms with Crippen molar-refractivity contribution in [2.75, 3.05) is 0 Å². The van der Waals surface area contributed by atoms with Crippen molar-refractivity contribution >= 4 is 14.8 Å². The van der Waals surface area contributed by atoms with Crippen LogP contribution in [0.15, 0.2) is 0 Å². The number of carbonyl (C=O) groups is 1. The molecule has 0 aliphatic carbocycles. The Balaban J connectivity index is 4.04. The molecule has 0 spiro atoms. The van der Waals surface area contributed by atoms with Crippen molar-refractivity contribution < 1.29 is 9.53 Å². The molecule has 0 aliphatic rings. The molecule has 0 saturated heterocycles. The molecule has 72 valence electrons. The smallest absolute Gasteiger partial charge is 0.306 e. The van der Waals surface area contributed by atoms with Crippen LogP contribution in [-0.2, 0) is 9.53 Å². The highest BCUT2D eigenvalue weighted by atomic mass is 28.3. The van der Waals surface area contributed by atoms with Gasteiger partial charge in [0, 0.05) is 14.3 Å². The highest BCUT2D eigenvalue weighted by Gasteiger charge is 2.22. The van der Waals surface area contributed by atoms with E-state index in [-0.39, 0.29) is 17.6 Å². The fraction of sp³-hybridized carbons (Fsp3) is 0.889. The van der Waals surface area contributed by atoms with E-state index in [9.17, 15) is 4.79 Å². The van der Waals surface area contributed by atoms with E-state index >= 15 is 0 Å². The van der Waals surface area contributed by atoms with Crippen molar-refractivity contribution in [2.45, 2.75) is 51.9 Å². The lowest BCUT2D eigenvalue weighted by Crippen LogP contribution is -2.25. The first-order valence-electron chi connectivity index (χ1n) is 4.69. The third-order valence-corrected chi connectivity index (χ3v) is 4.25. The van der Waals surface area contributed by atoms with Crippen LogP contribution in [-0.4, -0.2) is 20.9 Å². The second kappa shape index (κ2) is 5.35. The Morgan fingerprint density at radius 1 is 1.42 bits per heavy atom. The third-order valence-electron chi connectivity index (χ3n) is 1.90. The molecular formula is C9H20O2Si. The minimum absolute atomic E-state index is 0.00849. The van der Waals surface area contributed by atoms with Gasteiger partial charge in [-0.25, -0.2) is 0 Å². The maximum Gasteiger partial charge on any atom is 0.306 e. The molecule has 0 aromatic rings. The summed E-state index contributed by atoms with van der Waals surface area (Å²) in [5.74, 6) is 0.00849. The highest BCUT2D eigenvalue weighted by Crippen LogP contribution is 2.17. The minimum atomic E-state index is -0.877. The van der Waals surface area contributed by atoms with Gasteiger partial charge in [0.25, 0.3) is 0 Å². The SMILES string of the molecule is CCC(C(=O)OC(C)C)[SiH](C)C. The van der Waals surface area contributed by atoms with Crippen LogP contribution in [0.2, 0.25) is 18.6 Å². The Bertz CT molecular complexity index is 143. The maximum atomic E-state index is 11.4. The fourth-order valence-corrected chi connectivity index (χ4v) is 2.80. The quantitative estimate of drug-likeness (QED) is 0.499. The van der Waals surface area contributed by atoms with E-state index in [4.69, 9.17) is 4.74 Å². The summed E-state index contributed by atoms with van der Waals surface area (Å²) in [4.78, 5) is 11.4. The topological polar surface area (TPSA) is 26.3 Å². The van der Waals surface area contributed by atoms with Gasteiger partial charge in [-0.15, -0.1) is 0 Å². The summed E-state index contributed by atoms with van der Waals surface area (Å²) in [6, 6.07) is 0. The molecule has 0 heterocycles. The lowest BCUT2D eigenvalue weighted by Gasteiger charge is -2.18. The van der Waals surface area contributed by atoms with E-state index in [2.05, 4.69) is 20.0 Å². The van der Waals surface area contributed by atoms with Crippen LogP contribution < -0.4 is 0 Å². The second-order valence-corrected chi connectivity index (χ2v) is 7.04. The zero-order chi connectivity index (χ0) is 9.72. The third kappa shape index (κ3) is 3.90. The highest BCUT2D eigenvalue weighted by molar-refractivity contribution is 6.61. The van der Waals surface area contributed by atoms with E-state index in [1.54, 1.807) is 0 Å². The zero-order valence-electron chi connectivity index (χ0n) is 8.76. The summed E-state index contributed by atoms with van der Waals surface area (Å²) in [5.41, 5.74) is 0.201. The van der Waals surface area contributed by atoms with Gasteiger partial charge >= 0.3 is 5.97 Å². The van der Waals surface area contributed by atoms with E-state index in [1.807, 2.05) is 13.8 Å². The number of carbonyl (C=O) groups excluding carboxylic acids is 1. The molecule has 0 aromatic carbocycles. The van der Waals surface area contributed by atoms with Crippen molar-refractivity contribution in [1.29, 1.82) is 0 Å². The molecule has 0 N–H and O–H groups in total. The van der Waals surface area contributed by atoms with Crippen molar-refractivity contribution in [3.8, 4) is 0 Å². The van der Waals surface area contributed by atoms with Crippen molar-refractivity contribution in [2.24, 2.45) is 0 Å². The van der Waals surface area contributed by atoms with Crippen molar-refractivity contribution in [1.82, 2.24) is 0 Å². The average molecular weight is 188 g/mol. The van der Waals surface area contributed by atoms with Gasteiger partial charge in [0.15, 0.2) is 0 Å². The molecule has 0 aliphatic heterocycles. The van der Waals surface area contributed by atoms with Gasteiger partial charge in [-0.3, -0.25) is 4.79 Å². The molecule has 3 heteroatoms. The zero-order valence-corrected chi connectivity index (χ0v) is 9.91. The van der Waals surface area contributed by atoms with Gasteiger partial charge in [-0.1, -0.05) is 20.0 Å². The van der Waals surface area contributed by atoms with Crippen LogP contribution in [0.25, 0.3) is 0 Å². The molecule has 0 amide bonds. The molecule has 1 unspecified atom stereocenters. The van der Waals surface area contributed by atoms with E-state index < -0.39 is 8.80 Å². The van der Waals surface area contributed by atoms with Gasteiger partial charge in [0.2, 0.25) is 0 Å². The monoisotopic (exact) mass is 188 g/mol. The number of esters is 1. The van der Waals surface area contributed by atoms with Crippen LogP contribution in [0.5, 0.6) is 0 Å². The molecule has 12 heavy (non-hydrogen) atoms. The van der Waals surface area contributed by atoms with E-state index in [1.165, 1.54) is 0 Å². The lowest BCUT2D eigenvalue weighted by atomic mass is 10.3. The maximum absolute atomic E-state index is 11.4. The Labute approximate surface area is 76.9 Å². The van der Waals surface area contributed by atoms with Gasteiger partial charge < -0.3 is 4.74 Å². The first-order chi connectivity index (χ1) is 5.49. The van der Waals surface area contributed by atoms with Gasteiger partial charge in [-0.2, -0.15) is 0 Å². The number of hydrogen-bond acceptors (Lipinski definition) is 2. The Morgan fingerprint density at radius 3 is 2.17 bits per heavy atom. The van der Waals surface area contributed by atoms with Crippen LogP contribution in [0.3, 0.4) is 0 Å². The summed E-state index contributed by atoms with van der Waals surface area (Å²) in [7, 11) is -0.877. The summed E-state index contributed by atoms with van der Waals surface area (Å²) in [5, 5.41) is 0. The fourth-order valence-electron chi connectivity index (χ4n) is 1.23. The molecule has 0 bridgehead atoms. The molecule has 2 nitrogen and oxygen atoms in total. The summed E-state index contributed by atoms with van der Waals surface area (Å²) >= 11 is 0. The molecule has 0 radical (unpaired) electrons.